The van der Waals surface area contributed by atoms with E-state index < -0.39 is 34.4 Å². The molecule has 2 N–H and O–H groups in total. The van der Waals surface area contributed by atoms with E-state index in [9.17, 15) is 29.4 Å². The first-order valence-corrected chi connectivity index (χ1v) is 8.28. The third kappa shape index (κ3) is 5.16. The predicted molar refractivity (Wildman–Crippen MR) is 97.6 cm³/mol. The Bertz CT molecular complexity index is 927. The highest BCUT2D eigenvalue weighted by Gasteiger charge is 2.21. The number of benzene rings is 2. The molecule has 0 aliphatic carbocycles. The van der Waals surface area contributed by atoms with Gasteiger partial charge in [0.1, 0.15) is 0 Å². The SMILES string of the molecule is CC(C)(C)C(=O)Nc1cccc(C(=O)Nc2cc(C(=O)[O-])cc(C(=O)[O-])c2)c1. The fourth-order valence-electron chi connectivity index (χ4n) is 2.20. The number of carboxylic acid groups (broad SMARTS) is 2. The Hall–Kier alpha value is -3.68. The number of carboxylic acids is 2. The van der Waals surface area contributed by atoms with Crippen LogP contribution in [0.3, 0.4) is 0 Å². The van der Waals surface area contributed by atoms with Gasteiger partial charge in [-0.3, -0.25) is 9.59 Å². The third-order valence-corrected chi connectivity index (χ3v) is 3.73. The van der Waals surface area contributed by atoms with E-state index in [-0.39, 0.29) is 17.2 Å². The van der Waals surface area contributed by atoms with Crippen LogP contribution in [0.15, 0.2) is 42.5 Å². The van der Waals surface area contributed by atoms with Gasteiger partial charge in [0.25, 0.3) is 5.91 Å². The first kappa shape index (κ1) is 20.6. The minimum atomic E-state index is -1.59. The predicted octanol–water partition coefficient (Wildman–Crippen LogP) is 0.650. The molecule has 0 spiro atoms. The summed E-state index contributed by atoms with van der Waals surface area (Å²) in [5, 5.41) is 27.2. The van der Waals surface area contributed by atoms with Crippen LogP contribution in [-0.4, -0.2) is 23.8 Å². The van der Waals surface area contributed by atoms with Gasteiger partial charge in [0.05, 0.1) is 11.9 Å². The fraction of sp³-hybridized carbons (Fsp3) is 0.200. The van der Waals surface area contributed by atoms with Crippen molar-refractivity contribution in [1.82, 2.24) is 0 Å². The van der Waals surface area contributed by atoms with Gasteiger partial charge in [0.15, 0.2) is 0 Å². The lowest BCUT2D eigenvalue weighted by Gasteiger charge is -2.18. The lowest BCUT2D eigenvalue weighted by molar-refractivity contribution is -0.255. The van der Waals surface area contributed by atoms with Crippen LogP contribution < -0.4 is 20.8 Å². The molecule has 0 unspecified atom stereocenters. The zero-order valence-electron chi connectivity index (χ0n) is 15.5. The molecule has 2 rings (SSSR count). The largest absolute Gasteiger partial charge is 0.545 e. The van der Waals surface area contributed by atoms with Gasteiger partial charge < -0.3 is 30.4 Å². The quantitative estimate of drug-likeness (QED) is 0.778. The van der Waals surface area contributed by atoms with E-state index in [4.69, 9.17) is 0 Å². The molecule has 0 aromatic heterocycles. The van der Waals surface area contributed by atoms with E-state index in [2.05, 4.69) is 10.6 Å². The summed E-state index contributed by atoms with van der Waals surface area (Å²) < 4.78 is 0. The maximum Gasteiger partial charge on any atom is 0.255 e. The molecular weight excluding hydrogens is 364 g/mol. The monoisotopic (exact) mass is 382 g/mol. The van der Waals surface area contributed by atoms with Crippen molar-refractivity contribution in [3.63, 3.8) is 0 Å². The van der Waals surface area contributed by atoms with Crippen molar-refractivity contribution in [3.8, 4) is 0 Å². The summed E-state index contributed by atoms with van der Waals surface area (Å²) in [5.41, 5.74) is -0.904. The number of carbonyl (C=O) groups excluding carboxylic acids is 4. The van der Waals surface area contributed by atoms with Crippen molar-refractivity contribution >= 4 is 35.1 Å². The van der Waals surface area contributed by atoms with Crippen molar-refractivity contribution in [2.75, 3.05) is 10.6 Å². The smallest absolute Gasteiger partial charge is 0.255 e. The fourth-order valence-corrected chi connectivity index (χ4v) is 2.20. The summed E-state index contributed by atoms with van der Waals surface area (Å²) in [6.07, 6.45) is 0. The standard InChI is InChI=1S/C20H20N2O6/c1-20(2,3)19(28)22-14-6-4-5-11(8-14)16(23)21-15-9-12(17(24)25)7-13(10-15)18(26)27/h4-10H,1-3H3,(H,21,23)(H,22,28)(H,24,25)(H,26,27)/p-2. The van der Waals surface area contributed by atoms with Crippen molar-refractivity contribution in [3.05, 3.63) is 59.2 Å². The number of rotatable bonds is 5. The summed E-state index contributed by atoms with van der Waals surface area (Å²) in [5.74, 6) is -4.03. The van der Waals surface area contributed by atoms with E-state index in [1.165, 1.54) is 12.1 Å². The maximum atomic E-state index is 12.5. The Labute approximate surface area is 161 Å². The summed E-state index contributed by atoms with van der Waals surface area (Å²) in [7, 11) is 0. The molecule has 28 heavy (non-hydrogen) atoms. The minimum Gasteiger partial charge on any atom is -0.545 e. The van der Waals surface area contributed by atoms with Gasteiger partial charge in [-0.2, -0.15) is 0 Å². The summed E-state index contributed by atoms with van der Waals surface area (Å²) in [6.45, 7) is 5.24. The van der Waals surface area contributed by atoms with Gasteiger partial charge in [-0.05, 0) is 47.5 Å². The van der Waals surface area contributed by atoms with E-state index in [1.807, 2.05) is 0 Å². The van der Waals surface area contributed by atoms with Crippen molar-refractivity contribution in [2.45, 2.75) is 20.8 Å². The lowest BCUT2D eigenvalue weighted by atomic mass is 9.95. The van der Waals surface area contributed by atoms with Crippen LogP contribution in [-0.2, 0) is 4.79 Å². The van der Waals surface area contributed by atoms with Gasteiger partial charge in [-0.1, -0.05) is 26.8 Å². The van der Waals surface area contributed by atoms with Gasteiger partial charge in [-0.15, -0.1) is 0 Å². The number of hydrogen-bond acceptors (Lipinski definition) is 6. The van der Waals surface area contributed by atoms with Crippen LogP contribution in [0.1, 0.15) is 51.8 Å². The lowest BCUT2D eigenvalue weighted by Crippen LogP contribution is -2.27. The molecule has 8 heteroatoms. The second kappa shape index (κ2) is 7.91. The highest BCUT2D eigenvalue weighted by molar-refractivity contribution is 6.06. The Morgan fingerprint density at radius 2 is 1.29 bits per heavy atom. The molecule has 0 aliphatic heterocycles. The average Bonchev–Trinajstić information content (AvgIpc) is 2.60. The second-order valence-electron chi connectivity index (χ2n) is 7.11. The summed E-state index contributed by atoms with van der Waals surface area (Å²) in [6, 6.07) is 9.15. The second-order valence-corrected chi connectivity index (χ2v) is 7.11. The molecule has 0 saturated heterocycles. The van der Waals surface area contributed by atoms with E-state index >= 15 is 0 Å². The Morgan fingerprint density at radius 1 is 0.750 bits per heavy atom. The molecule has 2 aromatic rings. The highest BCUT2D eigenvalue weighted by atomic mass is 16.4. The first-order valence-electron chi connectivity index (χ1n) is 8.28. The van der Waals surface area contributed by atoms with Crippen LogP contribution in [0.5, 0.6) is 0 Å². The van der Waals surface area contributed by atoms with E-state index in [0.29, 0.717) is 5.69 Å². The van der Waals surface area contributed by atoms with Crippen LogP contribution in [0, 0.1) is 5.41 Å². The minimum absolute atomic E-state index is 0.0463. The van der Waals surface area contributed by atoms with Crippen molar-refractivity contribution in [1.29, 1.82) is 0 Å². The summed E-state index contributed by atoms with van der Waals surface area (Å²) >= 11 is 0. The summed E-state index contributed by atoms with van der Waals surface area (Å²) in [4.78, 5) is 46.6. The molecule has 0 radical (unpaired) electrons. The molecule has 0 fully saturated rings. The van der Waals surface area contributed by atoms with E-state index in [0.717, 1.165) is 18.2 Å². The van der Waals surface area contributed by atoms with Crippen LogP contribution in [0.25, 0.3) is 0 Å². The molecule has 2 amide bonds. The van der Waals surface area contributed by atoms with Crippen LogP contribution in [0.2, 0.25) is 0 Å². The third-order valence-electron chi connectivity index (χ3n) is 3.73. The number of amides is 2. The molecule has 2 aromatic carbocycles. The topological polar surface area (TPSA) is 138 Å². The Kier molecular flexibility index (Phi) is 5.83. The Morgan fingerprint density at radius 3 is 1.79 bits per heavy atom. The normalized spacial score (nSPS) is 10.8. The number of carbonyl (C=O) groups is 4. The number of nitrogens with one attached hydrogen (secondary N) is 2. The number of hydrogen-bond donors (Lipinski definition) is 2. The van der Waals surface area contributed by atoms with Gasteiger partial charge >= 0.3 is 0 Å². The maximum absolute atomic E-state index is 12.5. The van der Waals surface area contributed by atoms with E-state index in [1.54, 1.807) is 32.9 Å². The van der Waals surface area contributed by atoms with Crippen LogP contribution in [0.4, 0.5) is 11.4 Å². The molecule has 0 saturated carbocycles. The highest BCUT2D eigenvalue weighted by Crippen LogP contribution is 2.20. The molecule has 146 valence electrons. The molecular formula is C20H18N2O6-2. The molecule has 0 aliphatic rings. The van der Waals surface area contributed by atoms with Crippen molar-refractivity contribution < 1.29 is 29.4 Å². The molecule has 0 heterocycles. The van der Waals surface area contributed by atoms with Crippen LogP contribution >= 0.6 is 0 Å². The molecule has 8 nitrogen and oxygen atoms in total. The first-order chi connectivity index (χ1) is 13.0. The zero-order chi connectivity index (χ0) is 21.1. The molecule has 0 atom stereocenters. The number of anilines is 2. The van der Waals surface area contributed by atoms with Gasteiger partial charge in [0, 0.05) is 22.4 Å². The Balaban J connectivity index is 2.26. The average molecular weight is 382 g/mol. The van der Waals surface area contributed by atoms with Crippen molar-refractivity contribution in [2.24, 2.45) is 5.41 Å². The van der Waals surface area contributed by atoms with Gasteiger partial charge in [0.2, 0.25) is 5.91 Å². The number of aromatic carboxylic acids is 2. The zero-order valence-corrected chi connectivity index (χ0v) is 15.5. The molecule has 0 bridgehead atoms. The van der Waals surface area contributed by atoms with Gasteiger partial charge in [-0.25, -0.2) is 0 Å².